The van der Waals surface area contributed by atoms with Gasteiger partial charge in [0.25, 0.3) is 0 Å². The van der Waals surface area contributed by atoms with Gasteiger partial charge in [-0.05, 0) is 55.5 Å². The summed E-state index contributed by atoms with van der Waals surface area (Å²) >= 11 is 6.11. The van der Waals surface area contributed by atoms with E-state index in [0.717, 1.165) is 61.1 Å². The van der Waals surface area contributed by atoms with Gasteiger partial charge in [-0.2, -0.15) is 5.26 Å². The molecule has 128 valence electrons. The molecule has 0 saturated carbocycles. The lowest BCUT2D eigenvalue weighted by molar-refractivity contribution is 0.634. The average Bonchev–Trinajstić information content (AvgIpc) is 2.67. The highest BCUT2D eigenvalue weighted by molar-refractivity contribution is 6.30. The molecule has 2 heterocycles. The van der Waals surface area contributed by atoms with Crippen LogP contribution in [0.1, 0.15) is 29.7 Å². The predicted octanol–water partition coefficient (Wildman–Crippen LogP) is 3.81. The number of piperazine rings is 1. The van der Waals surface area contributed by atoms with Crippen LogP contribution in [0.5, 0.6) is 0 Å². The van der Waals surface area contributed by atoms with Gasteiger partial charge < -0.3 is 9.80 Å². The SMILES string of the molecule is N#Cc1cc2c(nc1N1CCN(c3cccc(Cl)c3)CC1)CCCC2. The molecular weight excluding hydrogens is 332 g/mol. The molecule has 1 aromatic heterocycles. The average molecular weight is 353 g/mol. The third kappa shape index (κ3) is 3.29. The van der Waals surface area contributed by atoms with Crippen LogP contribution in [0.25, 0.3) is 0 Å². The van der Waals surface area contributed by atoms with E-state index in [1.54, 1.807) is 0 Å². The number of aromatic nitrogens is 1. The third-order valence-electron chi connectivity index (χ3n) is 5.15. The Bertz CT molecular complexity index is 819. The van der Waals surface area contributed by atoms with Gasteiger partial charge in [-0.1, -0.05) is 17.7 Å². The van der Waals surface area contributed by atoms with Crippen molar-refractivity contribution in [2.24, 2.45) is 0 Å². The van der Waals surface area contributed by atoms with E-state index in [4.69, 9.17) is 16.6 Å². The molecular formula is C20H21ClN4. The zero-order valence-electron chi connectivity index (χ0n) is 14.2. The fraction of sp³-hybridized carbons (Fsp3) is 0.400. The summed E-state index contributed by atoms with van der Waals surface area (Å²) in [6.45, 7) is 3.55. The number of hydrogen-bond donors (Lipinski definition) is 0. The first-order valence-corrected chi connectivity index (χ1v) is 9.31. The minimum Gasteiger partial charge on any atom is -0.368 e. The number of nitriles is 1. The van der Waals surface area contributed by atoms with Gasteiger partial charge >= 0.3 is 0 Å². The van der Waals surface area contributed by atoms with E-state index in [9.17, 15) is 5.26 Å². The third-order valence-corrected chi connectivity index (χ3v) is 5.39. The van der Waals surface area contributed by atoms with Crippen molar-refractivity contribution < 1.29 is 0 Å². The first-order chi connectivity index (χ1) is 12.2. The number of pyridine rings is 1. The number of rotatable bonds is 2. The van der Waals surface area contributed by atoms with Gasteiger partial charge in [0.15, 0.2) is 0 Å². The van der Waals surface area contributed by atoms with Crippen LogP contribution in [0.4, 0.5) is 11.5 Å². The molecule has 0 bridgehead atoms. The summed E-state index contributed by atoms with van der Waals surface area (Å²) in [5.74, 6) is 0.869. The van der Waals surface area contributed by atoms with E-state index in [2.05, 4.69) is 28.0 Å². The second-order valence-corrected chi connectivity index (χ2v) is 7.17. The monoisotopic (exact) mass is 352 g/mol. The Hall–Kier alpha value is -2.25. The van der Waals surface area contributed by atoms with Crippen molar-refractivity contribution in [1.29, 1.82) is 5.26 Å². The van der Waals surface area contributed by atoms with Crippen molar-refractivity contribution in [2.45, 2.75) is 25.7 Å². The Labute approximate surface area is 153 Å². The van der Waals surface area contributed by atoms with Gasteiger partial charge in [-0.25, -0.2) is 4.98 Å². The van der Waals surface area contributed by atoms with Gasteiger partial charge in [0.1, 0.15) is 11.9 Å². The standard InChI is InChI=1S/C20H21ClN4/c21-17-5-3-6-18(13-17)24-8-10-25(11-9-24)20-16(14-22)12-15-4-1-2-7-19(15)23-20/h3,5-6,12-13H,1-2,4,7-11H2. The van der Waals surface area contributed by atoms with Crippen molar-refractivity contribution >= 4 is 23.1 Å². The molecule has 5 heteroatoms. The number of anilines is 2. The first kappa shape index (κ1) is 16.2. The zero-order valence-corrected chi connectivity index (χ0v) is 15.0. The molecule has 1 saturated heterocycles. The maximum atomic E-state index is 9.57. The highest BCUT2D eigenvalue weighted by Gasteiger charge is 2.23. The van der Waals surface area contributed by atoms with Crippen LogP contribution in [-0.2, 0) is 12.8 Å². The molecule has 4 nitrogen and oxygen atoms in total. The number of aryl methyl sites for hydroxylation is 2. The van der Waals surface area contributed by atoms with Crippen molar-refractivity contribution in [3.63, 3.8) is 0 Å². The van der Waals surface area contributed by atoms with Crippen molar-refractivity contribution in [2.75, 3.05) is 36.0 Å². The van der Waals surface area contributed by atoms with Gasteiger partial charge in [-0.3, -0.25) is 0 Å². The van der Waals surface area contributed by atoms with E-state index in [-0.39, 0.29) is 0 Å². The van der Waals surface area contributed by atoms with Crippen LogP contribution in [0.15, 0.2) is 30.3 Å². The van der Waals surface area contributed by atoms with Crippen LogP contribution in [-0.4, -0.2) is 31.2 Å². The van der Waals surface area contributed by atoms with Gasteiger partial charge in [-0.15, -0.1) is 0 Å². The van der Waals surface area contributed by atoms with Crippen LogP contribution in [0, 0.1) is 11.3 Å². The highest BCUT2D eigenvalue weighted by atomic mass is 35.5. The van der Waals surface area contributed by atoms with E-state index in [1.807, 2.05) is 18.2 Å². The van der Waals surface area contributed by atoms with E-state index in [1.165, 1.54) is 24.1 Å². The molecule has 0 spiro atoms. The molecule has 1 aliphatic heterocycles. The Morgan fingerprint density at radius 1 is 1.00 bits per heavy atom. The molecule has 2 aromatic rings. The summed E-state index contributed by atoms with van der Waals surface area (Å²) in [7, 11) is 0. The van der Waals surface area contributed by atoms with Gasteiger partial charge in [0.05, 0.1) is 5.56 Å². The maximum absolute atomic E-state index is 9.57. The van der Waals surface area contributed by atoms with Crippen LogP contribution in [0.3, 0.4) is 0 Å². The zero-order chi connectivity index (χ0) is 17.2. The molecule has 0 atom stereocenters. The maximum Gasteiger partial charge on any atom is 0.146 e. The van der Waals surface area contributed by atoms with Gasteiger partial charge in [0.2, 0.25) is 0 Å². The molecule has 1 aliphatic carbocycles. The Morgan fingerprint density at radius 2 is 1.76 bits per heavy atom. The summed E-state index contributed by atoms with van der Waals surface area (Å²) in [6.07, 6.45) is 4.50. The van der Waals surface area contributed by atoms with Gasteiger partial charge in [0, 0.05) is 42.6 Å². The van der Waals surface area contributed by atoms with Crippen LogP contribution >= 0.6 is 11.6 Å². The molecule has 0 radical (unpaired) electrons. The highest BCUT2D eigenvalue weighted by Crippen LogP contribution is 2.28. The molecule has 25 heavy (non-hydrogen) atoms. The second kappa shape index (κ2) is 6.93. The van der Waals surface area contributed by atoms with E-state index in [0.29, 0.717) is 0 Å². The molecule has 1 fully saturated rings. The lowest BCUT2D eigenvalue weighted by atomic mass is 9.95. The molecule has 0 N–H and O–H groups in total. The minimum atomic E-state index is 0.719. The number of hydrogen-bond acceptors (Lipinski definition) is 4. The molecule has 1 aromatic carbocycles. The smallest absolute Gasteiger partial charge is 0.146 e. The molecule has 2 aliphatic rings. The minimum absolute atomic E-state index is 0.719. The lowest BCUT2D eigenvalue weighted by Crippen LogP contribution is -2.47. The molecule has 4 rings (SSSR count). The second-order valence-electron chi connectivity index (χ2n) is 6.74. The van der Waals surface area contributed by atoms with Crippen molar-refractivity contribution in [3.8, 4) is 6.07 Å². The molecule has 0 unspecified atom stereocenters. The Morgan fingerprint density at radius 3 is 2.52 bits per heavy atom. The Balaban J connectivity index is 1.53. The first-order valence-electron chi connectivity index (χ1n) is 8.93. The number of fused-ring (bicyclic) bond motifs is 1. The van der Waals surface area contributed by atoms with E-state index < -0.39 is 0 Å². The summed E-state index contributed by atoms with van der Waals surface area (Å²) in [5, 5.41) is 10.3. The van der Waals surface area contributed by atoms with Crippen molar-refractivity contribution in [3.05, 3.63) is 52.2 Å². The topological polar surface area (TPSA) is 43.2 Å². The molecule has 0 amide bonds. The van der Waals surface area contributed by atoms with Crippen LogP contribution < -0.4 is 9.80 Å². The van der Waals surface area contributed by atoms with Crippen LogP contribution in [0.2, 0.25) is 5.02 Å². The normalized spacial score (nSPS) is 17.1. The quantitative estimate of drug-likeness (QED) is 0.824. The number of nitrogens with zero attached hydrogens (tertiary/aromatic N) is 4. The lowest BCUT2D eigenvalue weighted by Gasteiger charge is -2.37. The largest absolute Gasteiger partial charge is 0.368 e. The van der Waals surface area contributed by atoms with E-state index >= 15 is 0 Å². The summed E-state index contributed by atoms with van der Waals surface area (Å²) in [6, 6.07) is 12.4. The summed E-state index contributed by atoms with van der Waals surface area (Å²) in [4.78, 5) is 9.48. The summed E-state index contributed by atoms with van der Waals surface area (Å²) in [5.41, 5.74) is 4.34. The number of halogens is 1. The number of benzene rings is 1. The Kier molecular flexibility index (Phi) is 4.50. The fourth-order valence-electron chi connectivity index (χ4n) is 3.80. The fourth-order valence-corrected chi connectivity index (χ4v) is 3.98. The predicted molar refractivity (Wildman–Crippen MR) is 101 cm³/mol. The van der Waals surface area contributed by atoms with Crippen molar-refractivity contribution in [1.82, 2.24) is 4.98 Å². The summed E-state index contributed by atoms with van der Waals surface area (Å²) < 4.78 is 0.